The quantitative estimate of drug-likeness (QED) is 0.924. The Labute approximate surface area is 118 Å². The van der Waals surface area contributed by atoms with E-state index in [-0.39, 0.29) is 12.5 Å². The van der Waals surface area contributed by atoms with E-state index in [4.69, 9.17) is 5.26 Å². The number of carbonyl (C=O) groups is 1. The fourth-order valence-electron chi connectivity index (χ4n) is 1.78. The molecule has 0 saturated carbocycles. The predicted octanol–water partition coefficient (Wildman–Crippen LogP) is 2.63. The summed E-state index contributed by atoms with van der Waals surface area (Å²) in [5, 5.41) is 11.9. The van der Waals surface area contributed by atoms with Crippen LogP contribution in [0, 0.1) is 11.3 Å². The van der Waals surface area contributed by atoms with Gasteiger partial charge in [0.15, 0.2) is 0 Å². The fraction of sp³-hybridized carbons (Fsp3) is 0.125. The molecular weight excluding hydrogens is 250 g/mol. The normalized spacial score (nSPS) is 9.60. The van der Waals surface area contributed by atoms with Crippen molar-refractivity contribution in [3.63, 3.8) is 0 Å². The van der Waals surface area contributed by atoms with Crippen LogP contribution in [0.2, 0.25) is 0 Å². The van der Waals surface area contributed by atoms with Gasteiger partial charge in [-0.1, -0.05) is 24.3 Å². The minimum Gasteiger partial charge on any atom is -0.376 e. The number of para-hydroxylation sites is 1. The molecule has 2 aromatic carbocycles. The number of hydrogen-bond donors (Lipinski definition) is 1. The van der Waals surface area contributed by atoms with E-state index >= 15 is 0 Å². The first-order valence-corrected chi connectivity index (χ1v) is 6.26. The summed E-state index contributed by atoms with van der Waals surface area (Å²) in [4.78, 5) is 13.6. The Kier molecular flexibility index (Phi) is 4.35. The molecule has 2 rings (SSSR count). The second-order valence-electron chi connectivity index (χ2n) is 4.33. The summed E-state index contributed by atoms with van der Waals surface area (Å²) >= 11 is 0. The predicted molar refractivity (Wildman–Crippen MR) is 79.5 cm³/mol. The Balaban J connectivity index is 2.00. The number of nitrogens with one attached hydrogen (secondary N) is 1. The molecule has 0 heterocycles. The van der Waals surface area contributed by atoms with Crippen molar-refractivity contribution in [2.24, 2.45) is 0 Å². The van der Waals surface area contributed by atoms with Crippen LogP contribution in [0.5, 0.6) is 0 Å². The van der Waals surface area contributed by atoms with Crippen molar-refractivity contribution in [1.29, 1.82) is 5.26 Å². The smallest absolute Gasteiger partial charge is 0.246 e. The van der Waals surface area contributed by atoms with Crippen molar-refractivity contribution < 1.29 is 4.79 Å². The van der Waals surface area contributed by atoms with E-state index in [1.165, 1.54) is 4.90 Å². The summed E-state index contributed by atoms with van der Waals surface area (Å²) in [7, 11) is 1.70. The fourth-order valence-corrected chi connectivity index (χ4v) is 1.78. The molecule has 20 heavy (non-hydrogen) atoms. The summed E-state index contributed by atoms with van der Waals surface area (Å²) in [6, 6.07) is 18.6. The number of anilines is 2. The molecule has 0 aromatic heterocycles. The number of amides is 1. The molecular formula is C16H15N3O. The lowest BCUT2D eigenvalue weighted by Crippen LogP contribution is -2.32. The number of rotatable bonds is 4. The lowest BCUT2D eigenvalue weighted by Gasteiger charge is -2.18. The lowest BCUT2D eigenvalue weighted by atomic mass is 10.2. The molecule has 4 heteroatoms. The van der Waals surface area contributed by atoms with Gasteiger partial charge in [-0.25, -0.2) is 0 Å². The van der Waals surface area contributed by atoms with Crippen molar-refractivity contribution in [2.75, 3.05) is 23.8 Å². The van der Waals surface area contributed by atoms with Crippen LogP contribution >= 0.6 is 0 Å². The minimum absolute atomic E-state index is 0.0658. The van der Waals surface area contributed by atoms with Gasteiger partial charge in [-0.3, -0.25) is 4.79 Å². The Morgan fingerprint density at radius 3 is 2.65 bits per heavy atom. The highest BCUT2D eigenvalue weighted by atomic mass is 16.2. The number of nitriles is 1. The highest BCUT2D eigenvalue weighted by Gasteiger charge is 2.10. The highest BCUT2D eigenvalue weighted by Crippen LogP contribution is 2.14. The second-order valence-corrected chi connectivity index (χ2v) is 4.33. The first-order chi connectivity index (χ1) is 9.70. The number of nitrogens with zero attached hydrogens (tertiary/aromatic N) is 2. The lowest BCUT2D eigenvalue weighted by molar-refractivity contribution is -0.116. The average Bonchev–Trinajstić information content (AvgIpc) is 2.53. The summed E-state index contributed by atoms with van der Waals surface area (Å²) < 4.78 is 0. The van der Waals surface area contributed by atoms with E-state index in [0.29, 0.717) is 11.3 Å². The minimum atomic E-state index is -0.0658. The van der Waals surface area contributed by atoms with E-state index < -0.39 is 0 Å². The third-order valence-electron chi connectivity index (χ3n) is 2.95. The largest absolute Gasteiger partial charge is 0.376 e. The number of likely N-dealkylation sites (N-methyl/N-ethyl adjacent to an activating group) is 1. The third kappa shape index (κ3) is 3.36. The van der Waals surface area contributed by atoms with Gasteiger partial charge in [0.2, 0.25) is 5.91 Å². The summed E-state index contributed by atoms with van der Waals surface area (Å²) in [6.07, 6.45) is 0. The summed E-state index contributed by atoms with van der Waals surface area (Å²) in [6.45, 7) is 0.206. The topological polar surface area (TPSA) is 56.1 Å². The Hall–Kier alpha value is -2.80. The zero-order valence-corrected chi connectivity index (χ0v) is 11.2. The third-order valence-corrected chi connectivity index (χ3v) is 2.95. The zero-order chi connectivity index (χ0) is 14.4. The molecule has 0 aliphatic carbocycles. The van der Waals surface area contributed by atoms with Gasteiger partial charge < -0.3 is 10.2 Å². The van der Waals surface area contributed by atoms with Gasteiger partial charge in [0, 0.05) is 18.4 Å². The van der Waals surface area contributed by atoms with Crippen LogP contribution in [0.25, 0.3) is 0 Å². The van der Waals surface area contributed by atoms with Crippen molar-refractivity contribution >= 4 is 17.3 Å². The van der Waals surface area contributed by atoms with Crippen molar-refractivity contribution in [3.05, 3.63) is 60.2 Å². The SMILES string of the molecule is CN(C(=O)CNc1ccccc1)c1cccc(C#N)c1. The van der Waals surface area contributed by atoms with Gasteiger partial charge in [-0.2, -0.15) is 5.26 Å². The zero-order valence-electron chi connectivity index (χ0n) is 11.2. The van der Waals surface area contributed by atoms with Gasteiger partial charge >= 0.3 is 0 Å². The molecule has 2 aromatic rings. The Morgan fingerprint density at radius 2 is 1.95 bits per heavy atom. The molecule has 0 bridgehead atoms. The van der Waals surface area contributed by atoms with Gasteiger partial charge in [0.1, 0.15) is 0 Å². The summed E-state index contributed by atoms with van der Waals surface area (Å²) in [5.74, 6) is -0.0658. The van der Waals surface area contributed by atoms with E-state index in [0.717, 1.165) is 5.69 Å². The van der Waals surface area contributed by atoms with Gasteiger partial charge in [0.25, 0.3) is 0 Å². The molecule has 1 N–H and O–H groups in total. The van der Waals surface area contributed by atoms with Crippen molar-refractivity contribution in [1.82, 2.24) is 0 Å². The molecule has 4 nitrogen and oxygen atoms in total. The van der Waals surface area contributed by atoms with Crippen molar-refractivity contribution in [2.45, 2.75) is 0 Å². The first-order valence-electron chi connectivity index (χ1n) is 6.26. The van der Waals surface area contributed by atoms with E-state index in [1.54, 1.807) is 31.3 Å². The molecule has 0 aliphatic rings. The number of hydrogen-bond acceptors (Lipinski definition) is 3. The van der Waals surface area contributed by atoms with Crippen LogP contribution in [-0.4, -0.2) is 19.5 Å². The molecule has 0 saturated heterocycles. The molecule has 100 valence electrons. The van der Waals surface area contributed by atoms with Gasteiger partial charge in [-0.05, 0) is 30.3 Å². The second kappa shape index (κ2) is 6.39. The maximum atomic E-state index is 12.1. The molecule has 0 unspecified atom stereocenters. The average molecular weight is 265 g/mol. The van der Waals surface area contributed by atoms with Gasteiger partial charge in [-0.15, -0.1) is 0 Å². The van der Waals surface area contributed by atoms with Gasteiger partial charge in [0.05, 0.1) is 18.2 Å². The van der Waals surface area contributed by atoms with Crippen molar-refractivity contribution in [3.8, 4) is 6.07 Å². The molecule has 0 atom stereocenters. The van der Waals surface area contributed by atoms with Crippen LogP contribution in [0.3, 0.4) is 0 Å². The molecule has 0 fully saturated rings. The Bertz CT molecular complexity index is 632. The van der Waals surface area contributed by atoms with Crippen LogP contribution in [-0.2, 0) is 4.79 Å². The standard InChI is InChI=1S/C16H15N3O/c1-19(15-9-5-6-13(10-15)11-17)16(20)12-18-14-7-3-2-4-8-14/h2-10,18H,12H2,1H3. The maximum Gasteiger partial charge on any atom is 0.246 e. The first kappa shape index (κ1) is 13.6. The molecule has 0 aliphatic heterocycles. The van der Waals surface area contributed by atoms with E-state index in [2.05, 4.69) is 11.4 Å². The monoisotopic (exact) mass is 265 g/mol. The van der Waals surface area contributed by atoms with Crippen LogP contribution in [0.15, 0.2) is 54.6 Å². The van der Waals surface area contributed by atoms with Crippen LogP contribution < -0.4 is 10.2 Å². The maximum absolute atomic E-state index is 12.1. The van der Waals surface area contributed by atoms with E-state index in [1.807, 2.05) is 30.3 Å². The van der Waals surface area contributed by atoms with Crippen LogP contribution in [0.1, 0.15) is 5.56 Å². The Morgan fingerprint density at radius 1 is 1.20 bits per heavy atom. The molecule has 0 radical (unpaired) electrons. The molecule has 1 amide bonds. The number of benzene rings is 2. The summed E-state index contributed by atoms with van der Waals surface area (Å²) in [5.41, 5.74) is 2.15. The van der Waals surface area contributed by atoms with Crippen LogP contribution in [0.4, 0.5) is 11.4 Å². The molecule has 0 spiro atoms. The van der Waals surface area contributed by atoms with E-state index in [9.17, 15) is 4.79 Å². The highest BCUT2D eigenvalue weighted by molar-refractivity contribution is 5.95. The number of carbonyl (C=O) groups excluding carboxylic acids is 1.